The molecule has 4 aromatic rings. The lowest BCUT2D eigenvalue weighted by molar-refractivity contribution is 0.492. The molecule has 0 amide bonds. The summed E-state index contributed by atoms with van der Waals surface area (Å²) in [7, 11) is 2.95. The molecule has 0 unspecified atom stereocenters. The molecule has 0 saturated carbocycles. The smallest absolute Gasteiger partial charge is 0.332 e. The van der Waals surface area contributed by atoms with E-state index in [0.29, 0.717) is 11.7 Å². The van der Waals surface area contributed by atoms with E-state index in [1.54, 1.807) is 17.5 Å². The highest BCUT2D eigenvalue weighted by atomic mass is 35.5. The first-order chi connectivity index (χ1) is 12.0. The van der Waals surface area contributed by atoms with Crippen LogP contribution in [0.25, 0.3) is 21.8 Å². The van der Waals surface area contributed by atoms with Crippen LogP contribution in [0.1, 0.15) is 5.89 Å². The van der Waals surface area contributed by atoms with Gasteiger partial charge in [-0.05, 0) is 23.0 Å². The summed E-state index contributed by atoms with van der Waals surface area (Å²) < 4.78 is 9.53. The maximum atomic E-state index is 12.5. The van der Waals surface area contributed by atoms with Gasteiger partial charge in [0, 0.05) is 14.1 Å². The molecule has 0 aliphatic heterocycles. The van der Waals surface area contributed by atoms with Crippen LogP contribution in [0.5, 0.6) is 0 Å². The number of nitrogens with zero attached hydrogens (tertiary/aromatic N) is 5. The Labute approximate surface area is 149 Å². The van der Waals surface area contributed by atoms with Crippen LogP contribution in [0.4, 0.5) is 0 Å². The van der Waals surface area contributed by atoms with Crippen LogP contribution in [-0.2, 0) is 20.6 Å². The normalized spacial score (nSPS) is 11.5. The molecule has 0 saturated heterocycles. The van der Waals surface area contributed by atoms with Gasteiger partial charge in [0.1, 0.15) is 6.54 Å². The van der Waals surface area contributed by atoms with Crippen LogP contribution in [0.15, 0.2) is 37.7 Å². The van der Waals surface area contributed by atoms with Crippen molar-refractivity contribution >= 4 is 34.1 Å². The number of oxazole rings is 1. The number of hydrogen-bond donors (Lipinski definition) is 0. The predicted octanol–water partition coefficient (Wildman–Crippen LogP) is 1.85. The lowest BCUT2D eigenvalue weighted by Crippen LogP contribution is -2.37. The van der Waals surface area contributed by atoms with Crippen molar-refractivity contribution in [3.05, 3.63) is 55.7 Å². The molecule has 8 nitrogen and oxygen atoms in total. The molecule has 0 atom stereocenters. The average Bonchev–Trinajstić information content (AvgIpc) is 3.32. The fourth-order valence-electron chi connectivity index (χ4n) is 2.62. The third-order valence-electron chi connectivity index (χ3n) is 3.91. The van der Waals surface area contributed by atoms with Gasteiger partial charge in [-0.2, -0.15) is 4.98 Å². The van der Waals surface area contributed by atoms with E-state index in [0.717, 1.165) is 9.44 Å². The van der Waals surface area contributed by atoms with E-state index in [2.05, 4.69) is 9.97 Å². The first-order valence-electron chi connectivity index (χ1n) is 7.27. The van der Waals surface area contributed by atoms with Crippen molar-refractivity contribution in [1.82, 2.24) is 23.7 Å². The van der Waals surface area contributed by atoms with Crippen LogP contribution >= 0.6 is 22.9 Å². The Hall–Kier alpha value is -2.65. The van der Waals surface area contributed by atoms with Gasteiger partial charge in [0.15, 0.2) is 16.9 Å². The number of fused-ring (bicyclic) bond motifs is 1. The number of hydrogen-bond acceptors (Lipinski definition) is 6. The molecule has 0 fully saturated rings. The lowest BCUT2D eigenvalue weighted by atomic mass is 10.4. The van der Waals surface area contributed by atoms with E-state index in [1.165, 1.54) is 23.2 Å². The molecule has 4 aromatic heterocycles. The van der Waals surface area contributed by atoms with Crippen molar-refractivity contribution in [2.45, 2.75) is 6.54 Å². The van der Waals surface area contributed by atoms with E-state index in [9.17, 15) is 9.59 Å². The molecule has 0 spiro atoms. The summed E-state index contributed by atoms with van der Waals surface area (Å²) >= 11 is 7.73. The third-order valence-corrected chi connectivity index (χ3v) is 5.09. The summed E-state index contributed by atoms with van der Waals surface area (Å²) in [6.45, 7) is 0.133. The molecule has 0 N–H and O–H groups in total. The maximum Gasteiger partial charge on any atom is 0.332 e. The molecular weight excluding hydrogens is 366 g/mol. The molecule has 128 valence electrons. The Morgan fingerprint density at radius 2 is 2.08 bits per heavy atom. The maximum absolute atomic E-state index is 12.5. The van der Waals surface area contributed by atoms with Gasteiger partial charge >= 0.3 is 5.69 Å². The zero-order valence-corrected chi connectivity index (χ0v) is 14.8. The average molecular weight is 378 g/mol. The zero-order valence-electron chi connectivity index (χ0n) is 13.3. The summed E-state index contributed by atoms with van der Waals surface area (Å²) in [6, 6.07) is 3.85. The fourth-order valence-corrected chi connectivity index (χ4v) is 3.51. The monoisotopic (exact) mass is 377 g/mol. The van der Waals surface area contributed by atoms with E-state index >= 15 is 0 Å². The second-order valence-electron chi connectivity index (χ2n) is 5.44. The summed E-state index contributed by atoms with van der Waals surface area (Å²) in [6.07, 6.45) is 1.63. The number of imidazole rings is 1. The van der Waals surface area contributed by atoms with Crippen LogP contribution in [0.2, 0.25) is 5.28 Å². The summed E-state index contributed by atoms with van der Waals surface area (Å²) in [5.74, 6) is 1.03. The first-order valence-corrected chi connectivity index (χ1v) is 8.53. The van der Waals surface area contributed by atoms with Crippen molar-refractivity contribution in [2.24, 2.45) is 14.1 Å². The topological polar surface area (TPSA) is 87.8 Å². The van der Waals surface area contributed by atoms with Crippen LogP contribution in [-0.4, -0.2) is 23.7 Å². The Morgan fingerprint density at radius 3 is 2.80 bits per heavy atom. The van der Waals surface area contributed by atoms with E-state index in [4.69, 9.17) is 16.0 Å². The van der Waals surface area contributed by atoms with Crippen LogP contribution in [0.3, 0.4) is 0 Å². The Morgan fingerprint density at radius 1 is 1.28 bits per heavy atom. The standard InChI is InChI=1S/C15H12ClN5O3S/c1-19-12-11(13(22)20(2)15(19)23)21(14(16)18-12)7-10-17-6-8(24-10)9-4-3-5-25-9/h3-6H,7H2,1-2H3. The van der Waals surface area contributed by atoms with Gasteiger partial charge in [-0.3, -0.25) is 18.5 Å². The molecule has 0 radical (unpaired) electrons. The Bertz CT molecular complexity index is 1200. The van der Waals surface area contributed by atoms with Crippen LogP contribution < -0.4 is 11.2 Å². The highest BCUT2D eigenvalue weighted by molar-refractivity contribution is 7.13. The number of rotatable bonds is 3. The van der Waals surface area contributed by atoms with Gasteiger partial charge < -0.3 is 4.42 Å². The highest BCUT2D eigenvalue weighted by Gasteiger charge is 2.19. The van der Waals surface area contributed by atoms with E-state index < -0.39 is 11.2 Å². The molecule has 0 aromatic carbocycles. The summed E-state index contributed by atoms with van der Waals surface area (Å²) in [5.41, 5.74) is -0.480. The first kappa shape index (κ1) is 15.9. The quantitative estimate of drug-likeness (QED) is 0.508. The summed E-state index contributed by atoms with van der Waals surface area (Å²) in [5, 5.41) is 2.03. The van der Waals surface area contributed by atoms with Gasteiger partial charge in [-0.15, -0.1) is 11.3 Å². The molecule has 0 aliphatic rings. The van der Waals surface area contributed by atoms with Crippen molar-refractivity contribution in [1.29, 1.82) is 0 Å². The summed E-state index contributed by atoms with van der Waals surface area (Å²) in [4.78, 5) is 33.9. The molecule has 10 heteroatoms. The zero-order chi connectivity index (χ0) is 17.7. The molecular formula is C15H12ClN5O3S. The molecule has 0 aliphatic carbocycles. The predicted molar refractivity (Wildman–Crippen MR) is 94.1 cm³/mol. The Kier molecular flexibility index (Phi) is 3.62. The fraction of sp³-hybridized carbons (Fsp3) is 0.200. The number of aromatic nitrogens is 5. The van der Waals surface area contributed by atoms with Crippen molar-refractivity contribution in [3.63, 3.8) is 0 Å². The lowest BCUT2D eigenvalue weighted by Gasteiger charge is -2.05. The van der Waals surface area contributed by atoms with Crippen molar-refractivity contribution in [2.75, 3.05) is 0 Å². The van der Waals surface area contributed by atoms with E-state index in [-0.39, 0.29) is 23.0 Å². The molecule has 25 heavy (non-hydrogen) atoms. The van der Waals surface area contributed by atoms with E-state index in [1.807, 2.05) is 17.5 Å². The number of aryl methyl sites for hydroxylation is 1. The Balaban J connectivity index is 1.84. The number of halogens is 1. The minimum Gasteiger partial charge on any atom is -0.438 e. The number of thiophene rings is 1. The minimum absolute atomic E-state index is 0.0872. The van der Waals surface area contributed by atoms with Gasteiger partial charge in [0.05, 0.1) is 11.1 Å². The van der Waals surface area contributed by atoms with Crippen LogP contribution in [0, 0.1) is 0 Å². The van der Waals surface area contributed by atoms with Crippen molar-refractivity contribution in [3.8, 4) is 10.6 Å². The molecule has 4 rings (SSSR count). The molecule has 4 heterocycles. The SMILES string of the molecule is Cn1c(=O)c2c(nc(Cl)n2Cc2ncc(-c3cccs3)o2)n(C)c1=O. The second-order valence-corrected chi connectivity index (χ2v) is 6.73. The minimum atomic E-state index is -0.470. The van der Waals surface area contributed by atoms with Gasteiger partial charge in [0.25, 0.3) is 5.56 Å². The molecule has 0 bridgehead atoms. The van der Waals surface area contributed by atoms with Gasteiger partial charge in [-0.1, -0.05) is 6.07 Å². The second kappa shape index (κ2) is 5.71. The largest absolute Gasteiger partial charge is 0.438 e. The van der Waals surface area contributed by atoms with Gasteiger partial charge in [0.2, 0.25) is 11.2 Å². The highest BCUT2D eigenvalue weighted by Crippen LogP contribution is 2.26. The van der Waals surface area contributed by atoms with Crippen molar-refractivity contribution < 1.29 is 4.42 Å². The van der Waals surface area contributed by atoms with Gasteiger partial charge in [-0.25, -0.2) is 9.78 Å². The third kappa shape index (κ3) is 2.43.